The molecule has 7 heteroatoms. The molecule has 1 unspecified atom stereocenters. The number of ether oxygens (including phenoxy) is 1. The van der Waals surface area contributed by atoms with Crippen molar-refractivity contribution < 1.29 is 19.1 Å². The molecule has 0 radical (unpaired) electrons. The average Bonchev–Trinajstić information content (AvgIpc) is 3.07. The highest BCUT2D eigenvalue weighted by Gasteiger charge is 2.44. The Labute approximate surface area is 183 Å². The molecule has 0 fully saturated rings. The highest BCUT2D eigenvalue weighted by molar-refractivity contribution is 6.10. The van der Waals surface area contributed by atoms with Crippen LogP contribution < -0.4 is 15.1 Å². The van der Waals surface area contributed by atoms with Gasteiger partial charge in [0.25, 0.3) is 5.91 Å². The van der Waals surface area contributed by atoms with Gasteiger partial charge in [0.05, 0.1) is 24.1 Å². The molecule has 32 heavy (non-hydrogen) atoms. The van der Waals surface area contributed by atoms with Gasteiger partial charge in [-0.2, -0.15) is 0 Å². The second-order valence-corrected chi connectivity index (χ2v) is 7.87. The fourth-order valence-electron chi connectivity index (χ4n) is 4.15. The number of carbonyl (C=O) groups is 1. The van der Waals surface area contributed by atoms with Crippen LogP contribution >= 0.6 is 0 Å². The van der Waals surface area contributed by atoms with Crippen molar-refractivity contribution in [2.75, 3.05) is 12.0 Å². The van der Waals surface area contributed by atoms with Crippen molar-refractivity contribution in [2.45, 2.75) is 19.9 Å². The molecule has 4 aromatic rings. The van der Waals surface area contributed by atoms with Crippen molar-refractivity contribution in [2.24, 2.45) is 0 Å². The molecule has 0 saturated heterocycles. The summed E-state index contributed by atoms with van der Waals surface area (Å²) >= 11 is 0. The number of aromatic nitrogens is 1. The van der Waals surface area contributed by atoms with Gasteiger partial charge in [0.15, 0.2) is 16.9 Å². The number of methoxy groups -OCH3 is 1. The van der Waals surface area contributed by atoms with Gasteiger partial charge in [-0.3, -0.25) is 14.5 Å². The fraction of sp³-hybridized carbons (Fsp3) is 0.160. The minimum absolute atomic E-state index is 0.00768. The van der Waals surface area contributed by atoms with E-state index in [9.17, 15) is 14.7 Å². The van der Waals surface area contributed by atoms with Crippen LogP contribution in [0.3, 0.4) is 0 Å². The predicted molar refractivity (Wildman–Crippen MR) is 120 cm³/mol. The van der Waals surface area contributed by atoms with E-state index in [0.29, 0.717) is 22.4 Å². The lowest BCUT2D eigenvalue weighted by molar-refractivity contribution is 0.0970. The van der Waals surface area contributed by atoms with Gasteiger partial charge in [0.1, 0.15) is 11.4 Å². The SMILES string of the molecule is COc1cc(C2c3c(oc4ccc(C)cc4c3=O)C(=O)N2c2cc(C)ccn2)ccc1O. The number of anilines is 1. The van der Waals surface area contributed by atoms with Gasteiger partial charge >= 0.3 is 0 Å². The number of rotatable bonds is 3. The Morgan fingerprint density at radius 1 is 1.03 bits per heavy atom. The molecule has 3 heterocycles. The minimum Gasteiger partial charge on any atom is -0.504 e. The molecule has 5 rings (SSSR count). The zero-order chi connectivity index (χ0) is 22.6. The van der Waals surface area contributed by atoms with Crippen molar-refractivity contribution in [3.63, 3.8) is 0 Å². The third-order valence-electron chi connectivity index (χ3n) is 5.69. The number of hydrogen-bond donors (Lipinski definition) is 1. The molecular weight excluding hydrogens is 408 g/mol. The molecule has 1 aliphatic heterocycles. The van der Waals surface area contributed by atoms with Crippen molar-refractivity contribution >= 4 is 22.7 Å². The Kier molecular flexibility index (Phi) is 4.48. The van der Waals surface area contributed by atoms with Crippen LogP contribution in [0.1, 0.15) is 38.9 Å². The van der Waals surface area contributed by atoms with Crippen LogP contribution in [0.5, 0.6) is 11.5 Å². The van der Waals surface area contributed by atoms with Gasteiger partial charge in [-0.15, -0.1) is 0 Å². The number of carbonyl (C=O) groups excluding carboxylic acids is 1. The Balaban J connectivity index is 1.83. The average molecular weight is 428 g/mol. The number of fused-ring (bicyclic) bond motifs is 2. The highest BCUT2D eigenvalue weighted by Crippen LogP contribution is 2.42. The second kappa shape index (κ2) is 7.23. The monoisotopic (exact) mass is 428 g/mol. The van der Waals surface area contributed by atoms with E-state index in [1.165, 1.54) is 18.1 Å². The van der Waals surface area contributed by atoms with Crippen LogP contribution in [0.15, 0.2) is 63.9 Å². The first-order valence-electron chi connectivity index (χ1n) is 10.1. The van der Waals surface area contributed by atoms with Crippen LogP contribution in [0.25, 0.3) is 11.0 Å². The first-order chi connectivity index (χ1) is 15.4. The lowest BCUT2D eigenvalue weighted by Crippen LogP contribution is -2.30. The summed E-state index contributed by atoms with van der Waals surface area (Å²) in [7, 11) is 1.44. The van der Waals surface area contributed by atoms with Crippen molar-refractivity contribution in [1.82, 2.24) is 4.98 Å². The summed E-state index contributed by atoms with van der Waals surface area (Å²) in [6.45, 7) is 3.79. The third-order valence-corrected chi connectivity index (χ3v) is 5.69. The summed E-state index contributed by atoms with van der Waals surface area (Å²) in [4.78, 5) is 33.0. The quantitative estimate of drug-likeness (QED) is 0.524. The van der Waals surface area contributed by atoms with Gasteiger partial charge in [0, 0.05) is 6.20 Å². The van der Waals surface area contributed by atoms with E-state index in [2.05, 4.69) is 4.98 Å². The van der Waals surface area contributed by atoms with Crippen molar-refractivity contribution in [1.29, 1.82) is 0 Å². The lowest BCUT2D eigenvalue weighted by Gasteiger charge is -2.24. The summed E-state index contributed by atoms with van der Waals surface area (Å²) in [5.41, 5.74) is 2.74. The molecule has 1 atom stereocenters. The molecule has 2 aromatic carbocycles. The second-order valence-electron chi connectivity index (χ2n) is 7.87. The molecule has 1 amide bonds. The molecule has 2 aromatic heterocycles. The Morgan fingerprint density at radius 3 is 2.56 bits per heavy atom. The number of hydrogen-bond acceptors (Lipinski definition) is 6. The summed E-state index contributed by atoms with van der Waals surface area (Å²) in [6.07, 6.45) is 1.62. The topological polar surface area (TPSA) is 92.9 Å². The summed E-state index contributed by atoms with van der Waals surface area (Å²) in [6, 6.07) is 12.9. The molecule has 7 nitrogen and oxygen atoms in total. The highest BCUT2D eigenvalue weighted by atomic mass is 16.5. The molecule has 0 saturated carbocycles. The number of pyridine rings is 1. The molecule has 1 aliphatic rings. The van der Waals surface area contributed by atoms with E-state index in [-0.39, 0.29) is 28.3 Å². The zero-order valence-corrected chi connectivity index (χ0v) is 17.7. The van der Waals surface area contributed by atoms with Gasteiger partial charge in [-0.05, 0) is 61.4 Å². The third kappa shape index (κ3) is 2.93. The fourth-order valence-corrected chi connectivity index (χ4v) is 4.15. The minimum atomic E-state index is -0.789. The Hall–Kier alpha value is -4.13. The zero-order valence-electron chi connectivity index (χ0n) is 17.7. The number of nitrogens with zero attached hydrogens (tertiary/aromatic N) is 2. The number of aryl methyl sites for hydroxylation is 2. The summed E-state index contributed by atoms with van der Waals surface area (Å²) in [5, 5.41) is 10.5. The van der Waals surface area contributed by atoms with E-state index >= 15 is 0 Å². The van der Waals surface area contributed by atoms with Crippen LogP contribution in [-0.2, 0) is 0 Å². The van der Waals surface area contributed by atoms with Crippen LogP contribution in [0.2, 0.25) is 0 Å². The first-order valence-corrected chi connectivity index (χ1v) is 10.1. The maximum absolute atomic E-state index is 13.6. The maximum Gasteiger partial charge on any atom is 0.296 e. The Bertz CT molecular complexity index is 1460. The maximum atomic E-state index is 13.6. The van der Waals surface area contributed by atoms with Gasteiger partial charge in [-0.25, -0.2) is 4.98 Å². The standard InChI is InChI=1S/C25H20N2O5/c1-13-4-7-18-16(10-13)23(29)21-22(15-5-6-17(28)19(12-15)31-3)27(25(30)24(21)32-18)20-11-14(2)8-9-26-20/h4-12,22,28H,1-3H3. The van der Waals surface area contributed by atoms with Gasteiger partial charge in [0.2, 0.25) is 5.76 Å². The van der Waals surface area contributed by atoms with E-state index < -0.39 is 11.9 Å². The number of amides is 1. The van der Waals surface area contributed by atoms with Gasteiger partial charge < -0.3 is 14.3 Å². The van der Waals surface area contributed by atoms with Crippen LogP contribution in [0.4, 0.5) is 5.82 Å². The van der Waals surface area contributed by atoms with E-state index in [1.54, 1.807) is 36.5 Å². The first kappa shape index (κ1) is 19.8. The van der Waals surface area contributed by atoms with Crippen molar-refractivity contribution in [3.05, 3.63) is 93.0 Å². The number of benzene rings is 2. The normalized spacial score (nSPS) is 15.3. The molecule has 0 spiro atoms. The van der Waals surface area contributed by atoms with Crippen LogP contribution in [-0.4, -0.2) is 23.1 Å². The molecule has 160 valence electrons. The number of aromatic hydroxyl groups is 1. The lowest BCUT2D eigenvalue weighted by atomic mass is 9.97. The number of phenolic OH excluding ortho intramolecular Hbond substituents is 1. The summed E-state index contributed by atoms with van der Waals surface area (Å²) in [5.74, 6) is 0.142. The van der Waals surface area contributed by atoms with Crippen LogP contribution in [0, 0.1) is 13.8 Å². The molecule has 0 aliphatic carbocycles. The van der Waals surface area contributed by atoms with E-state index in [4.69, 9.17) is 9.15 Å². The number of phenols is 1. The van der Waals surface area contributed by atoms with E-state index in [0.717, 1.165) is 11.1 Å². The smallest absolute Gasteiger partial charge is 0.296 e. The molecule has 1 N–H and O–H groups in total. The predicted octanol–water partition coefficient (Wildman–Crippen LogP) is 4.27. The van der Waals surface area contributed by atoms with Gasteiger partial charge in [-0.1, -0.05) is 17.7 Å². The molecular formula is C25H20N2O5. The van der Waals surface area contributed by atoms with Crippen molar-refractivity contribution in [3.8, 4) is 11.5 Å². The largest absolute Gasteiger partial charge is 0.504 e. The van der Waals surface area contributed by atoms with E-state index in [1.807, 2.05) is 26.0 Å². The summed E-state index contributed by atoms with van der Waals surface area (Å²) < 4.78 is 11.2. The Morgan fingerprint density at radius 2 is 1.81 bits per heavy atom. The molecule has 0 bridgehead atoms.